The van der Waals surface area contributed by atoms with E-state index in [-0.39, 0.29) is 17.8 Å². The van der Waals surface area contributed by atoms with Crippen LogP contribution >= 0.6 is 0 Å². The van der Waals surface area contributed by atoms with Crippen molar-refractivity contribution in [1.29, 1.82) is 0 Å². The first-order chi connectivity index (χ1) is 15.1. The summed E-state index contributed by atoms with van der Waals surface area (Å²) in [5.41, 5.74) is 9.54. The fourth-order valence-electron chi connectivity index (χ4n) is 4.04. The number of imidazole rings is 1. The van der Waals surface area contributed by atoms with Crippen molar-refractivity contribution in [3.05, 3.63) is 60.9 Å². The highest BCUT2D eigenvalue weighted by Crippen LogP contribution is 2.32. The summed E-state index contributed by atoms with van der Waals surface area (Å²) < 4.78 is 15.9. The van der Waals surface area contributed by atoms with Crippen LogP contribution in [0.5, 0.6) is 0 Å². The lowest BCUT2D eigenvalue weighted by atomic mass is 9.97. The molecule has 0 aliphatic carbocycles. The summed E-state index contributed by atoms with van der Waals surface area (Å²) in [6.07, 6.45) is 8.86. The van der Waals surface area contributed by atoms with Crippen LogP contribution in [0.25, 0.3) is 16.9 Å². The number of aromatic nitrogens is 5. The molecule has 1 fully saturated rings. The van der Waals surface area contributed by atoms with Crippen LogP contribution in [-0.2, 0) is 0 Å². The Morgan fingerprint density at radius 1 is 1.13 bits per heavy atom. The summed E-state index contributed by atoms with van der Waals surface area (Å²) >= 11 is 0. The molecular formula is C22H23FN8. The summed E-state index contributed by atoms with van der Waals surface area (Å²) in [5, 5.41) is 7.92. The van der Waals surface area contributed by atoms with Gasteiger partial charge in [-0.1, -0.05) is 0 Å². The van der Waals surface area contributed by atoms with Gasteiger partial charge in [0.25, 0.3) is 0 Å². The first-order valence-corrected chi connectivity index (χ1v) is 10.3. The minimum Gasteiger partial charge on any atom is -0.365 e. The summed E-state index contributed by atoms with van der Waals surface area (Å²) in [7, 11) is 0. The Labute approximate surface area is 179 Å². The molecule has 0 amide bonds. The van der Waals surface area contributed by atoms with Crippen LogP contribution in [-0.4, -0.2) is 43.2 Å². The van der Waals surface area contributed by atoms with E-state index in [4.69, 9.17) is 5.73 Å². The molecule has 5 heterocycles. The second-order valence-electron chi connectivity index (χ2n) is 7.73. The predicted molar refractivity (Wildman–Crippen MR) is 118 cm³/mol. The molecule has 1 saturated heterocycles. The van der Waals surface area contributed by atoms with Crippen molar-refractivity contribution >= 4 is 22.8 Å². The van der Waals surface area contributed by atoms with E-state index in [9.17, 15) is 4.39 Å². The van der Waals surface area contributed by atoms with E-state index >= 15 is 0 Å². The highest BCUT2D eigenvalue weighted by Gasteiger charge is 2.27. The highest BCUT2D eigenvalue weighted by atomic mass is 19.1. The summed E-state index contributed by atoms with van der Waals surface area (Å²) in [4.78, 5) is 15.2. The molecule has 0 unspecified atom stereocenters. The van der Waals surface area contributed by atoms with Crippen LogP contribution in [0.1, 0.15) is 19.8 Å². The second-order valence-corrected chi connectivity index (χ2v) is 7.73. The largest absolute Gasteiger partial charge is 0.365 e. The first-order valence-electron chi connectivity index (χ1n) is 10.3. The van der Waals surface area contributed by atoms with E-state index in [0.29, 0.717) is 11.6 Å². The van der Waals surface area contributed by atoms with Gasteiger partial charge in [0.1, 0.15) is 11.4 Å². The number of hydrogen-bond donors (Lipinski definition) is 2. The zero-order valence-electron chi connectivity index (χ0n) is 17.1. The molecule has 8 nitrogen and oxygen atoms in total. The second kappa shape index (κ2) is 7.92. The highest BCUT2D eigenvalue weighted by molar-refractivity contribution is 5.74. The Morgan fingerprint density at radius 2 is 2.03 bits per heavy atom. The van der Waals surface area contributed by atoms with Gasteiger partial charge >= 0.3 is 0 Å². The van der Waals surface area contributed by atoms with E-state index in [1.54, 1.807) is 41.4 Å². The Morgan fingerprint density at radius 3 is 2.90 bits per heavy atom. The van der Waals surface area contributed by atoms with Gasteiger partial charge in [-0.3, -0.25) is 9.97 Å². The topological polar surface area (TPSA) is 97.3 Å². The molecule has 1 aliphatic heterocycles. The van der Waals surface area contributed by atoms with Crippen LogP contribution < -0.4 is 16.0 Å². The van der Waals surface area contributed by atoms with Crippen LogP contribution in [0.4, 0.5) is 21.7 Å². The zero-order chi connectivity index (χ0) is 21.4. The molecule has 0 bridgehead atoms. The van der Waals surface area contributed by atoms with E-state index in [1.807, 2.05) is 12.1 Å². The molecule has 4 aromatic rings. The fourth-order valence-corrected chi connectivity index (χ4v) is 4.04. The van der Waals surface area contributed by atoms with Crippen molar-refractivity contribution in [2.75, 3.05) is 16.8 Å². The SMILES string of the molecule is C[C@H]1[C@H](N)CCCN1c1ccncc1Nc1ncc2ccc(-c3ncccc3F)nn12. The molecule has 0 aromatic carbocycles. The Balaban J connectivity index is 1.52. The third kappa shape index (κ3) is 3.57. The third-order valence-corrected chi connectivity index (χ3v) is 5.79. The molecule has 0 spiro atoms. The van der Waals surface area contributed by atoms with Gasteiger partial charge in [-0.15, -0.1) is 0 Å². The van der Waals surface area contributed by atoms with Crippen molar-refractivity contribution < 1.29 is 4.39 Å². The van der Waals surface area contributed by atoms with Gasteiger partial charge in [0, 0.05) is 31.0 Å². The Bertz CT molecular complexity index is 1220. The van der Waals surface area contributed by atoms with Crippen LogP contribution in [0.15, 0.2) is 55.1 Å². The zero-order valence-corrected chi connectivity index (χ0v) is 17.1. The third-order valence-electron chi connectivity index (χ3n) is 5.79. The standard InChI is InChI=1S/C22H23FN8/c1-14-17(24)5-3-11-30(14)20-8-10-25-13-19(20)28-22-27-12-15-6-7-18(29-31(15)22)21-16(23)4-2-9-26-21/h2,4,6-10,12-14,17H,3,5,11,24H2,1H3,(H,27,28)/t14-,17+/m0/s1. The van der Waals surface area contributed by atoms with Crippen molar-refractivity contribution in [3.8, 4) is 11.4 Å². The maximum atomic E-state index is 14.2. The van der Waals surface area contributed by atoms with Gasteiger partial charge in [0.2, 0.25) is 5.95 Å². The van der Waals surface area contributed by atoms with Gasteiger partial charge in [-0.2, -0.15) is 9.61 Å². The molecule has 3 N–H and O–H groups in total. The summed E-state index contributed by atoms with van der Waals surface area (Å²) in [6.45, 7) is 3.07. The van der Waals surface area contributed by atoms with Crippen molar-refractivity contribution in [2.24, 2.45) is 5.73 Å². The number of halogens is 1. The van der Waals surface area contributed by atoms with Gasteiger partial charge in [-0.05, 0) is 50.1 Å². The maximum Gasteiger partial charge on any atom is 0.229 e. The van der Waals surface area contributed by atoms with E-state index in [2.05, 4.69) is 37.2 Å². The normalized spacial score (nSPS) is 19.0. The quantitative estimate of drug-likeness (QED) is 0.524. The number of nitrogens with two attached hydrogens (primary N) is 1. The van der Waals surface area contributed by atoms with Gasteiger partial charge < -0.3 is 16.0 Å². The molecule has 158 valence electrons. The molecule has 1 aliphatic rings. The fraction of sp³-hybridized carbons (Fsp3) is 0.273. The minimum absolute atomic E-state index is 0.125. The van der Waals surface area contributed by atoms with Gasteiger partial charge in [0.05, 0.1) is 29.3 Å². The minimum atomic E-state index is -0.422. The Hall–Kier alpha value is -3.59. The average molecular weight is 418 g/mol. The van der Waals surface area contributed by atoms with Crippen LogP contribution in [0.2, 0.25) is 0 Å². The molecule has 0 radical (unpaired) electrons. The smallest absolute Gasteiger partial charge is 0.229 e. The monoisotopic (exact) mass is 418 g/mol. The van der Waals surface area contributed by atoms with E-state index < -0.39 is 5.82 Å². The molecule has 0 saturated carbocycles. The lowest BCUT2D eigenvalue weighted by molar-refractivity contribution is 0.421. The van der Waals surface area contributed by atoms with Crippen molar-refractivity contribution in [1.82, 2.24) is 24.6 Å². The maximum absolute atomic E-state index is 14.2. The number of piperidine rings is 1. The molecule has 4 aromatic heterocycles. The average Bonchev–Trinajstić information content (AvgIpc) is 3.18. The number of hydrogen-bond acceptors (Lipinski definition) is 7. The van der Waals surface area contributed by atoms with E-state index in [1.165, 1.54) is 6.07 Å². The number of anilines is 3. The number of rotatable bonds is 4. The summed E-state index contributed by atoms with van der Waals surface area (Å²) in [6, 6.07) is 8.81. The number of fused-ring (bicyclic) bond motifs is 1. The molecule has 2 atom stereocenters. The van der Waals surface area contributed by atoms with Crippen molar-refractivity contribution in [2.45, 2.75) is 31.8 Å². The van der Waals surface area contributed by atoms with Gasteiger partial charge in [0.15, 0.2) is 5.82 Å². The lowest BCUT2D eigenvalue weighted by Crippen LogP contribution is -2.50. The van der Waals surface area contributed by atoms with Crippen LogP contribution in [0.3, 0.4) is 0 Å². The molecule has 9 heteroatoms. The molecule has 5 rings (SSSR count). The number of nitrogens with zero attached hydrogens (tertiary/aromatic N) is 6. The molecular weight excluding hydrogens is 395 g/mol. The Kier molecular flexibility index (Phi) is 4.95. The predicted octanol–water partition coefficient (Wildman–Crippen LogP) is 3.39. The van der Waals surface area contributed by atoms with Gasteiger partial charge in [-0.25, -0.2) is 9.37 Å². The first kappa shape index (κ1) is 19.4. The van der Waals surface area contributed by atoms with Crippen molar-refractivity contribution in [3.63, 3.8) is 0 Å². The number of pyridine rings is 2. The van der Waals surface area contributed by atoms with E-state index in [0.717, 1.165) is 36.3 Å². The van der Waals surface area contributed by atoms with Crippen LogP contribution in [0, 0.1) is 5.82 Å². The summed E-state index contributed by atoms with van der Waals surface area (Å²) in [5.74, 6) is 0.0883. The lowest BCUT2D eigenvalue weighted by Gasteiger charge is -2.40. The number of nitrogens with one attached hydrogen (secondary N) is 1. The molecule has 31 heavy (non-hydrogen) atoms.